The first-order valence-corrected chi connectivity index (χ1v) is 8.63. The molecule has 2 heterocycles. The lowest BCUT2D eigenvalue weighted by molar-refractivity contribution is 0.426. The van der Waals surface area contributed by atoms with Crippen molar-refractivity contribution < 1.29 is 8.42 Å². The summed E-state index contributed by atoms with van der Waals surface area (Å²) in [5.74, 6) is 0. The average Bonchev–Trinajstić information content (AvgIpc) is 2.68. The van der Waals surface area contributed by atoms with Crippen LogP contribution in [0.4, 0.5) is 0 Å². The summed E-state index contributed by atoms with van der Waals surface area (Å²) in [7, 11) is -3.57. The SMILES string of the molecule is CC(C)(C)NCc1cc2cc(S(N)(=O)=O)sc2s1.Cl. The van der Waals surface area contributed by atoms with E-state index in [1.807, 2.05) is 6.07 Å². The van der Waals surface area contributed by atoms with Gasteiger partial charge in [0, 0.05) is 22.3 Å². The Labute approximate surface area is 127 Å². The van der Waals surface area contributed by atoms with E-state index in [0.29, 0.717) is 0 Å². The van der Waals surface area contributed by atoms with Crippen LogP contribution in [0.2, 0.25) is 0 Å². The Morgan fingerprint density at radius 1 is 1.26 bits per heavy atom. The van der Waals surface area contributed by atoms with E-state index < -0.39 is 10.0 Å². The van der Waals surface area contributed by atoms with Crippen molar-refractivity contribution >= 4 is 54.5 Å². The van der Waals surface area contributed by atoms with Crippen LogP contribution in [0.5, 0.6) is 0 Å². The Hall–Kier alpha value is -0.180. The summed E-state index contributed by atoms with van der Waals surface area (Å²) in [6, 6.07) is 3.66. The van der Waals surface area contributed by atoms with Crippen molar-refractivity contribution in [2.45, 2.75) is 37.1 Å². The summed E-state index contributed by atoms with van der Waals surface area (Å²) in [5.41, 5.74) is 0.0726. The lowest BCUT2D eigenvalue weighted by atomic mass is 10.1. The smallest absolute Gasteiger partial charge is 0.247 e. The number of nitrogens with one attached hydrogen (secondary N) is 1. The molecule has 0 aliphatic rings. The zero-order valence-corrected chi connectivity index (χ0v) is 14.2. The van der Waals surface area contributed by atoms with Crippen molar-refractivity contribution in [3.63, 3.8) is 0 Å². The first-order valence-electron chi connectivity index (χ1n) is 5.45. The Morgan fingerprint density at radius 3 is 2.37 bits per heavy atom. The highest BCUT2D eigenvalue weighted by atomic mass is 35.5. The van der Waals surface area contributed by atoms with Gasteiger partial charge in [0.25, 0.3) is 0 Å². The Kier molecular flexibility index (Phi) is 5.03. The second kappa shape index (κ2) is 5.67. The molecule has 0 unspecified atom stereocenters. The normalized spacial score (nSPS) is 12.6. The first-order chi connectivity index (χ1) is 8.15. The number of primary sulfonamides is 1. The Bertz CT molecular complexity index is 636. The number of halogens is 1. The maximum Gasteiger partial charge on any atom is 0.247 e. The fourth-order valence-corrected chi connectivity index (χ4v) is 4.78. The van der Waals surface area contributed by atoms with Gasteiger partial charge in [0.1, 0.15) is 4.21 Å². The van der Waals surface area contributed by atoms with Gasteiger partial charge >= 0.3 is 0 Å². The second-order valence-corrected chi connectivity index (χ2v) is 9.41. The van der Waals surface area contributed by atoms with Crippen LogP contribution in [0.3, 0.4) is 0 Å². The van der Waals surface area contributed by atoms with Crippen molar-refractivity contribution in [3.05, 3.63) is 17.0 Å². The van der Waals surface area contributed by atoms with Gasteiger partial charge in [-0.25, -0.2) is 13.6 Å². The molecule has 0 bridgehead atoms. The molecule has 0 aromatic carbocycles. The largest absolute Gasteiger partial charge is 0.307 e. The van der Waals surface area contributed by atoms with Gasteiger partial charge < -0.3 is 5.32 Å². The molecule has 0 saturated carbocycles. The molecule has 0 fully saturated rings. The second-order valence-electron chi connectivity index (χ2n) is 5.17. The van der Waals surface area contributed by atoms with Gasteiger partial charge in [0.05, 0.1) is 4.01 Å². The van der Waals surface area contributed by atoms with Crippen LogP contribution in [-0.4, -0.2) is 14.0 Å². The Balaban J connectivity index is 0.00000180. The topological polar surface area (TPSA) is 72.2 Å². The van der Waals surface area contributed by atoms with Crippen molar-refractivity contribution in [1.29, 1.82) is 0 Å². The molecule has 4 nitrogen and oxygen atoms in total. The van der Waals surface area contributed by atoms with E-state index in [1.54, 1.807) is 17.4 Å². The van der Waals surface area contributed by atoms with Crippen molar-refractivity contribution in [2.24, 2.45) is 5.14 Å². The number of sulfonamides is 1. The van der Waals surface area contributed by atoms with Crippen LogP contribution >= 0.6 is 35.1 Å². The van der Waals surface area contributed by atoms with Gasteiger partial charge in [-0.2, -0.15) is 0 Å². The van der Waals surface area contributed by atoms with Crippen LogP contribution in [0.25, 0.3) is 9.40 Å². The van der Waals surface area contributed by atoms with Crippen molar-refractivity contribution in [2.75, 3.05) is 0 Å². The summed E-state index contributed by atoms with van der Waals surface area (Å²) in [6.45, 7) is 7.13. The fourth-order valence-electron chi connectivity index (χ4n) is 1.45. The van der Waals surface area contributed by atoms with Gasteiger partial charge in [-0.3, -0.25) is 0 Å². The van der Waals surface area contributed by atoms with Gasteiger partial charge in [-0.05, 0) is 32.9 Å². The van der Waals surface area contributed by atoms with Crippen LogP contribution in [0, 0.1) is 0 Å². The minimum atomic E-state index is -3.57. The van der Waals surface area contributed by atoms with E-state index in [4.69, 9.17) is 5.14 Å². The number of hydrogen-bond donors (Lipinski definition) is 2. The van der Waals surface area contributed by atoms with E-state index in [9.17, 15) is 8.42 Å². The first kappa shape index (κ1) is 16.9. The predicted octanol–water partition coefficient (Wildman–Crippen LogP) is 2.92. The maximum atomic E-state index is 11.2. The van der Waals surface area contributed by atoms with E-state index >= 15 is 0 Å². The molecular formula is C11H17ClN2O2S3. The molecule has 8 heteroatoms. The summed E-state index contributed by atoms with van der Waals surface area (Å²) in [5, 5.41) is 9.47. The number of rotatable bonds is 3. The third-order valence-electron chi connectivity index (χ3n) is 2.32. The summed E-state index contributed by atoms with van der Waals surface area (Å²) < 4.78 is 23.7. The van der Waals surface area contributed by atoms with Crippen LogP contribution < -0.4 is 10.5 Å². The maximum absolute atomic E-state index is 11.2. The molecule has 0 saturated heterocycles. The van der Waals surface area contributed by atoms with E-state index in [-0.39, 0.29) is 22.2 Å². The van der Waals surface area contributed by atoms with Crippen LogP contribution in [-0.2, 0) is 16.6 Å². The minimum Gasteiger partial charge on any atom is -0.307 e. The molecular weight excluding hydrogens is 324 g/mol. The number of fused-ring (bicyclic) bond motifs is 1. The quantitative estimate of drug-likeness (QED) is 0.902. The van der Waals surface area contributed by atoms with Gasteiger partial charge in [0.2, 0.25) is 10.0 Å². The highest BCUT2D eigenvalue weighted by Crippen LogP contribution is 2.35. The number of thiophene rings is 2. The molecule has 2 aromatic rings. The molecule has 0 atom stereocenters. The zero-order chi connectivity index (χ0) is 13.6. The fraction of sp³-hybridized carbons (Fsp3) is 0.455. The molecule has 3 N–H and O–H groups in total. The van der Waals surface area contributed by atoms with E-state index in [1.165, 1.54) is 16.2 Å². The van der Waals surface area contributed by atoms with Crippen molar-refractivity contribution in [3.8, 4) is 0 Å². The summed E-state index contributed by atoms with van der Waals surface area (Å²) >= 11 is 2.85. The minimum absolute atomic E-state index is 0. The lowest BCUT2D eigenvalue weighted by Gasteiger charge is -2.19. The summed E-state index contributed by atoms with van der Waals surface area (Å²) in [6.07, 6.45) is 0. The Morgan fingerprint density at radius 2 is 1.89 bits per heavy atom. The molecule has 2 rings (SSSR count). The number of hydrogen-bond acceptors (Lipinski definition) is 5. The van der Waals surface area contributed by atoms with Gasteiger partial charge in [0.15, 0.2) is 0 Å². The monoisotopic (exact) mass is 340 g/mol. The molecule has 108 valence electrons. The van der Waals surface area contributed by atoms with Crippen molar-refractivity contribution in [1.82, 2.24) is 5.32 Å². The molecule has 0 spiro atoms. The standard InChI is InChI=1S/C11H16N2O2S3.ClH/c1-11(2,3)13-6-8-4-7-5-9(18(12,14)15)17-10(7)16-8;/h4-5,13H,6H2,1-3H3,(H2,12,14,15);1H. The lowest BCUT2D eigenvalue weighted by Crippen LogP contribution is -2.34. The third kappa shape index (κ3) is 4.40. The molecule has 0 amide bonds. The van der Waals surface area contributed by atoms with Crippen LogP contribution in [0.15, 0.2) is 16.3 Å². The predicted molar refractivity (Wildman–Crippen MR) is 84.9 cm³/mol. The number of nitrogens with two attached hydrogens (primary N) is 1. The van der Waals surface area contributed by atoms with Gasteiger partial charge in [-0.15, -0.1) is 35.1 Å². The molecule has 2 aromatic heterocycles. The van der Waals surface area contributed by atoms with E-state index in [2.05, 4.69) is 26.1 Å². The molecule has 0 aliphatic carbocycles. The molecule has 0 aliphatic heterocycles. The summed E-state index contributed by atoms with van der Waals surface area (Å²) in [4.78, 5) is 1.20. The average molecular weight is 341 g/mol. The van der Waals surface area contributed by atoms with Crippen LogP contribution in [0.1, 0.15) is 25.6 Å². The van der Waals surface area contributed by atoms with Gasteiger partial charge in [-0.1, -0.05) is 0 Å². The van der Waals surface area contributed by atoms with E-state index in [0.717, 1.165) is 15.9 Å². The molecule has 0 radical (unpaired) electrons. The zero-order valence-electron chi connectivity index (χ0n) is 10.9. The third-order valence-corrected chi connectivity index (χ3v) is 6.13. The highest BCUT2D eigenvalue weighted by molar-refractivity contribution is 7.91. The molecule has 19 heavy (non-hydrogen) atoms. The highest BCUT2D eigenvalue weighted by Gasteiger charge is 2.15.